The summed E-state index contributed by atoms with van der Waals surface area (Å²) in [5.74, 6) is 0. The molecule has 1 fully saturated rings. The maximum Gasteiger partial charge on any atom is 0.416 e. The molecule has 114 valence electrons. The number of fused-ring (bicyclic) bond motifs is 1. The molecule has 2 aromatic rings. The van der Waals surface area contributed by atoms with Crippen molar-refractivity contribution in [1.82, 2.24) is 14.3 Å². The number of aromatic nitrogens is 2. The van der Waals surface area contributed by atoms with Gasteiger partial charge in [0.1, 0.15) is 5.65 Å². The van der Waals surface area contributed by atoms with Crippen LogP contribution in [-0.2, 0) is 12.7 Å². The molecule has 7 heteroatoms. The molecule has 2 aromatic heterocycles. The maximum absolute atomic E-state index is 12.7. The van der Waals surface area contributed by atoms with E-state index in [1.807, 2.05) is 0 Å². The third-order valence-electron chi connectivity index (χ3n) is 3.86. The van der Waals surface area contributed by atoms with Crippen molar-refractivity contribution in [3.63, 3.8) is 0 Å². The first-order chi connectivity index (χ1) is 9.91. The highest BCUT2D eigenvalue weighted by molar-refractivity contribution is 5.43. The van der Waals surface area contributed by atoms with Crippen molar-refractivity contribution in [2.24, 2.45) is 5.73 Å². The molecule has 1 saturated heterocycles. The first kappa shape index (κ1) is 14.3. The number of halogens is 3. The number of nitrogens with zero attached hydrogens (tertiary/aromatic N) is 3. The summed E-state index contributed by atoms with van der Waals surface area (Å²) in [5, 5.41) is 0. The predicted molar refractivity (Wildman–Crippen MR) is 72.7 cm³/mol. The van der Waals surface area contributed by atoms with E-state index in [1.165, 1.54) is 6.20 Å². The Bertz CT molecular complexity index is 627. The Morgan fingerprint density at radius 2 is 2.00 bits per heavy atom. The van der Waals surface area contributed by atoms with E-state index in [0.717, 1.165) is 43.8 Å². The van der Waals surface area contributed by atoms with Gasteiger partial charge in [-0.15, -0.1) is 0 Å². The second-order valence-electron chi connectivity index (χ2n) is 5.52. The van der Waals surface area contributed by atoms with Gasteiger partial charge in [-0.1, -0.05) is 0 Å². The van der Waals surface area contributed by atoms with E-state index in [1.54, 1.807) is 10.6 Å². The Labute approximate surface area is 120 Å². The number of likely N-dealkylation sites (tertiary alicyclic amines) is 1. The molecule has 4 nitrogen and oxygen atoms in total. The third-order valence-corrected chi connectivity index (χ3v) is 3.86. The molecule has 21 heavy (non-hydrogen) atoms. The third kappa shape index (κ3) is 3.19. The van der Waals surface area contributed by atoms with Gasteiger partial charge in [-0.05, 0) is 25.0 Å². The Balaban J connectivity index is 1.78. The van der Waals surface area contributed by atoms with Gasteiger partial charge in [0.05, 0.1) is 11.3 Å². The summed E-state index contributed by atoms with van der Waals surface area (Å²) in [6.45, 7) is 2.46. The fraction of sp³-hybridized carbons (Fsp3) is 0.500. The largest absolute Gasteiger partial charge is 0.416 e. The lowest BCUT2D eigenvalue weighted by Gasteiger charge is -2.29. The summed E-state index contributed by atoms with van der Waals surface area (Å²) in [6, 6.07) is 2.41. The average molecular weight is 298 g/mol. The van der Waals surface area contributed by atoms with Gasteiger partial charge in [0.25, 0.3) is 0 Å². The first-order valence-electron chi connectivity index (χ1n) is 6.94. The van der Waals surface area contributed by atoms with Gasteiger partial charge in [0, 0.05) is 38.1 Å². The van der Waals surface area contributed by atoms with Crippen LogP contribution in [0, 0.1) is 0 Å². The van der Waals surface area contributed by atoms with E-state index in [4.69, 9.17) is 5.73 Å². The van der Waals surface area contributed by atoms with Crippen LogP contribution in [0.4, 0.5) is 13.2 Å². The van der Waals surface area contributed by atoms with Gasteiger partial charge in [-0.25, -0.2) is 4.98 Å². The highest BCUT2D eigenvalue weighted by Crippen LogP contribution is 2.29. The zero-order valence-electron chi connectivity index (χ0n) is 11.5. The second kappa shape index (κ2) is 5.31. The lowest BCUT2D eigenvalue weighted by Crippen LogP contribution is -2.39. The average Bonchev–Trinajstić information content (AvgIpc) is 2.81. The van der Waals surface area contributed by atoms with E-state index in [-0.39, 0.29) is 6.04 Å². The molecule has 0 bridgehead atoms. The Hall–Kier alpha value is -1.60. The number of rotatable bonds is 2. The monoisotopic (exact) mass is 298 g/mol. The normalized spacial score (nSPS) is 18.5. The molecule has 0 unspecified atom stereocenters. The molecule has 2 N–H and O–H groups in total. The quantitative estimate of drug-likeness (QED) is 0.925. The predicted octanol–water partition coefficient (Wildman–Crippen LogP) is 2.28. The topological polar surface area (TPSA) is 46.6 Å². The van der Waals surface area contributed by atoms with Crippen LogP contribution in [-0.4, -0.2) is 33.4 Å². The summed E-state index contributed by atoms with van der Waals surface area (Å²) in [5.41, 5.74) is 6.30. The summed E-state index contributed by atoms with van der Waals surface area (Å²) in [4.78, 5) is 6.52. The van der Waals surface area contributed by atoms with Gasteiger partial charge >= 0.3 is 6.18 Å². The van der Waals surface area contributed by atoms with Crippen LogP contribution in [0.25, 0.3) is 5.65 Å². The van der Waals surface area contributed by atoms with Crippen molar-refractivity contribution in [1.29, 1.82) is 0 Å². The van der Waals surface area contributed by atoms with Crippen molar-refractivity contribution < 1.29 is 13.2 Å². The smallest absolute Gasteiger partial charge is 0.328 e. The number of imidazole rings is 1. The van der Waals surface area contributed by atoms with Crippen LogP contribution in [0.2, 0.25) is 0 Å². The zero-order valence-corrected chi connectivity index (χ0v) is 11.5. The van der Waals surface area contributed by atoms with E-state index in [2.05, 4.69) is 9.88 Å². The van der Waals surface area contributed by atoms with Gasteiger partial charge in [-0.3, -0.25) is 4.90 Å². The lowest BCUT2D eigenvalue weighted by molar-refractivity contribution is -0.137. The second-order valence-corrected chi connectivity index (χ2v) is 5.52. The first-order valence-corrected chi connectivity index (χ1v) is 6.94. The van der Waals surface area contributed by atoms with Gasteiger partial charge in [0.15, 0.2) is 0 Å². The minimum Gasteiger partial charge on any atom is -0.328 e. The standard InChI is InChI=1S/C14H17F3N4/c15-14(16,17)10-1-6-21-9-12(19-13(21)7-10)8-20-4-2-11(18)3-5-20/h1,6-7,9,11H,2-5,8,18H2. The van der Waals surface area contributed by atoms with E-state index >= 15 is 0 Å². The molecule has 3 rings (SSSR count). The molecule has 3 heterocycles. The summed E-state index contributed by atoms with van der Waals surface area (Å²) < 4.78 is 39.6. The number of hydrogen-bond acceptors (Lipinski definition) is 3. The highest BCUT2D eigenvalue weighted by atomic mass is 19.4. The maximum atomic E-state index is 12.7. The van der Waals surface area contributed by atoms with Crippen LogP contribution in [0.15, 0.2) is 24.5 Å². The zero-order chi connectivity index (χ0) is 15.0. The summed E-state index contributed by atoms with van der Waals surface area (Å²) in [6.07, 6.45) is 0.749. The number of alkyl halides is 3. The molecule has 0 aromatic carbocycles. The lowest BCUT2D eigenvalue weighted by atomic mass is 10.1. The van der Waals surface area contributed by atoms with Crippen molar-refractivity contribution in [3.8, 4) is 0 Å². The number of piperidine rings is 1. The molecular formula is C14H17F3N4. The van der Waals surface area contributed by atoms with Crippen LogP contribution in [0.3, 0.4) is 0 Å². The molecule has 0 spiro atoms. The van der Waals surface area contributed by atoms with Crippen molar-refractivity contribution >= 4 is 5.65 Å². The van der Waals surface area contributed by atoms with Crippen LogP contribution in [0.5, 0.6) is 0 Å². The fourth-order valence-electron chi connectivity index (χ4n) is 2.63. The van der Waals surface area contributed by atoms with Crippen molar-refractivity contribution in [2.45, 2.75) is 31.6 Å². The molecule has 0 radical (unpaired) electrons. The summed E-state index contributed by atoms with van der Waals surface area (Å²) >= 11 is 0. The SMILES string of the molecule is NC1CCN(Cc2cn3ccc(C(F)(F)F)cc3n2)CC1. The molecule has 1 aliphatic heterocycles. The molecule has 1 aliphatic rings. The van der Waals surface area contributed by atoms with Gasteiger partial charge < -0.3 is 10.1 Å². The highest BCUT2D eigenvalue weighted by Gasteiger charge is 2.30. The number of nitrogens with two attached hydrogens (primary N) is 1. The van der Waals surface area contributed by atoms with Crippen LogP contribution >= 0.6 is 0 Å². The van der Waals surface area contributed by atoms with Crippen LogP contribution in [0.1, 0.15) is 24.1 Å². The Kier molecular flexibility index (Phi) is 3.62. The molecule has 0 saturated carbocycles. The Morgan fingerprint density at radius 1 is 1.29 bits per heavy atom. The minimum atomic E-state index is -4.34. The van der Waals surface area contributed by atoms with E-state index in [0.29, 0.717) is 12.2 Å². The summed E-state index contributed by atoms with van der Waals surface area (Å²) in [7, 11) is 0. The van der Waals surface area contributed by atoms with Crippen molar-refractivity contribution in [2.75, 3.05) is 13.1 Å². The van der Waals surface area contributed by atoms with Gasteiger partial charge in [0.2, 0.25) is 0 Å². The Morgan fingerprint density at radius 3 is 2.67 bits per heavy atom. The minimum absolute atomic E-state index is 0.261. The molecule has 0 atom stereocenters. The van der Waals surface area contributed by atoms with Gasteiger partial charge in [-0.2, -0.15) is 13.2 Å². The number of pyridine rings is 1. The fourth-order valence-corrected chi connectivity index (χ4v) is 2.63. The van der Waals surface area contributed by atoms with Crippen LogP contribution < -0.4 is 5.73 Å². The molecular weight excluding hydrogens is 281 g/mol. The van der Waals surface area contributed by atoms with E-state index in [9.17, 15) is 13.2 Å². The van der Waals surface area contributed by atoms with Crippen molar-refractivity contribution in [3.05, 3.63) is 35.8 Å². The van der Waals surface area contributed by atoms with E-state index < -0.39 is 11.7 Å². The molecule has 0 aliphatic carbocycles. The number of hydrogen-bond donors (Lipinski definition) is 1. The molecule has 0 amide bonds.